The number of benzene rings is 1. The Kier molecular flexibility index (Phi) is 5.91. The average molecular weight is 322 g/mol. The van der Waals surface area contributed by atoms with E-state index in [9.17, 15) is 10.1 Å². The molecule has 1 heterocycles. The first-order valence-corrected chi connectivity index (χ1v) is 8.04. The van der Waals surface area contributed by atoms with Gasteiger partial charge >= 0.3 is 0 Å². The summed E-state index contributed by atoms with van der Waals surface area (Å²) in [5.74, 6) is -0.0630. The zero-order valence-corrected chi connectivity index (χ0v) is 14.3. The summed E-state index contributed by atoms with van der Waals surface area (Å²) in [6, 6.07) is 11.5. The summed E-state index contributed by atoms with van der Waals surface area (Å²) < 4.78 is 0. The molecule has 0 bridgehead atoms. The molecule has 2 N–H and O–H groups in total. The maximum Gasteiger partial charge on any atom is 0.251 e. The Morgan fingerprint density at radius 1 is 1.29 bits per heavy atom. The molecule has 0 atom stereocenters. The van der Waals surface area contributed by atoms with Gasteiger partial charge in [0.15, 0.2) is 0 Å². The molecule has 5 nitrogen and oxygen atoms in total. The number of nitrogens with one attached hydrogen (secondary N) is 2. The topological polar surface area (TPSA) is 77.8 Å². The summed E-state index contributed by atoms with van der Waals surface area (Å²) in [7, 11) is 0. The van der Waals surface area contributed by atoms with Crippen LogP contribution in [0.4, 0.5) is 5.69 Å². The van der Waals surface area contributed by atoms with E-state index >= 15 is 0 Å². The second-order valence-electron chi connectivity index (χ2n) is 5.69. The number of anilines is 1. The molecular formula is C19H22N4O. The summed E-state index contributed by atoms with van der Waals surface area (Å²) in [5, 5.41) is 15.5. The van der Waals surface area contributed by atoms with E-state index in [1.807, 2.05) is 45.0 Å². The van der Waals surface area contributed by atoms with Crippen molar-refractivity contribution in [3.8, 4) is 6.07 Å². The van der Waals surface area contributed by atoms with E-state index in [1.54, 1.807) is 6.07 Å². The van der Waals surface area contributed by atoms with Crippen LogP contribution in [0.1, 0.15) is 46.2 Å². The van der Waals surface area contributed by atoms with Gasteiger partial charge in [-0.3, -0.25) is 9.78 Å². The number of amides is 1. The van der Waals surface area contributed by atoms with Crippen LogP contribution in [0.15, 0.2) is 30.3 Å². The molecule has 0 saturated carbocycles. The summed E-state index contributed by atoms with van der Waals surface area (Å²) >= 11 is 0. The first kappa shape index (κ1) is 17.5. The number of hydrogen-bond acceptors (Lipinski definition) is 4. The second kappa shape index (κ2) is 8.11. The minimum Gasteiger partial charge on any atom is -0.380 e. The van der Waals surface area contributed by atoms with E-state index < -0.39 is 0 Å². The van der Waals surface area contributed by atoms with E-state index in [0.717, 1.165) is 23.4 Å². The molecule has 0 aliphatic heterocycles. The predicted octanol–water partition coefficient (Wildman–Crippen LogP) is 3.32. The van der Waals surface area contributed by atoms with Gasteiger partial charge in [-0.15, -0.1) is 0 Å². The highest BCUT2D eigenvalue weighted by Gasteiger charge is 2.09. The van der Waals surface area contributed by atoms with E-state index in [1.165, 1.54) is 0 Å². The maximum absolute atomic E-state index is 12.0. The molecule has 1 amide bonds. The number of rotatable bonds is 6. The van der Waals surface area contributed by atoms with Gasteiger partial charge in [-0.25, -0.2) is 0 Å². The standard InChI is InChI=1S/C19H22N4O/c1-4-8-21-19(24)16-7-5-6-15(10-16)12-22-18-9-13(2)23-14(3)17(18)11-20/h5-7,9-10H,4,8,12H2,1-3H3,(H,21,24)(H,22,23). The van der Waals surface area contributed by atoms with Crippen LogP contribution < -0.4 is 10.6 Å². The van der Waals surface area contributed by atoms with Gasteiger partial charge in [-0.2, -0.15) is 5.26 Å². The van der Waals surface area contributed by atoms with Crippen LogP contribution in [-0.4, -0.2) is 17.4 Å². The Hall–Kier alpha value is -2.87. The number of nitriles is 1. The third kappa shape index (κ3) is 4.32. The molecule has 2 aromatic rings. The van der Waals surface area contributed by atoms with E-state index in [0.29, 0.717) is 29.9 Å². The largest absolute Gasteiger partial charge is 0.380 e. The van der Waals surface area contributed by atoms with Crippen molar-refractivity contribution in [2.75, 3.05) is 11.9 Å². The molecule has 24 heavy (non-hydrogen) atoms. The number of carbonyl (C=O) groups is 1. The summed E-state index contributed by atoms with van der Waals surface area (Å²) in [4.78, 5) is 16.3. The second-order valence-corrected chi connectivity index (χ2v) is 5.69. The fraction of sp³-hybridized carbons (Fsp3) is 0.316. The van der Waals surface area contributed by atoms with E-state index in [-0.39, 0.29) is 5.91 Å². The Balaban J connectivity index is 2.13. The molecule has 5 heteroatoms. The lowest BCUT2D eigenvalue weighted by atomic mass is 10.1. The Morgan fingerprint density at radius 3 is 2.79 bits per heavy atom. The molecule has 2 rings (SSSR count). The van der Waals surface area contributed by atoms with Crippen LogP contribution in [0.2, 0.25) is 0 Å². The Bertz CT molecular complexity index is 777. The smallest absolute Gasteiger partial charge is 0.251 e. The van der Waals surface area contributed by atoms with Crippen LogP contribution in [0, 0.1) is 25.2 Å². The minimum atomic E-state index is -0.0630. The molecule has 0 saturated heterocycles. The van der Waals surface area contributed by atoms with Gasteiger partial charge in [0.1, 0.15) is 6.07 Å². The van der Waals surface area contributed by atoms with Gasteiger partial charge in [0, 0.05) is 24.3 Å². The molecule has 1 aromatic heterocycles. The lowest BCUT2D eigenvalue weighted by molar-refractivity contribution is 0.0953. The molecule has 0 spiro atoms. The SMILES string of the molecule is CCCNC(=O)c1cccc(CNc2cc(C)nc(C)c2C#N)c1. The summed E-state index contributed by atoms with van der Waals surface area (Å²) in [5.41, 5.74) is 4.52. The van der Waals surface area contributed by atoms with E-state index in [2.05, 4.69) is 21.7 Å². The Morgan fingerprint density at radius 2 is 2.08 bits per heavy atom. The van der Waals surface area contributed by atoms with Crippen LogP contribution in [0.5, 0.6) is 0 Å². The molecule has 1 aromatic carbocycles. The quantitative estimate of drug-likeness (QED) is 0.855. The third-order valence-electron chi connectivity index (χ3n) is 3.65. The number of carbonyl (C=O) groups excluding carboxylic acids is 1. The van der Waals surface area contributed by atoms with Crippen molar-refractivity contribution in [2.45, 2.75) is 33.7 Å². The molecule has 0 unspecified atom stereocenters. The van der Waals surface area contributed by atoms with Crippen molar-refractivity contribution >= 4 is 11.6 Å². The maximum atomic E-state index is 12.0. The minimum absolute atomic E-state index is 0.0630. The summed E-state index contributed by atoms with van der Waals surface area (Å²) in [6.07, 6.45) is 0.907. The van der Waals surface area contributed by atoms with Gasteiger partial charge in [0.25, 0.3) is 5.91 Å². The van der Waals surface area contributed by atoms with Gasteiger partial charge < -0.3 is 10.6 Å². The highest BCUT2D eigenvalue weighted by molar-refractivity contribution is 5.94. The van der Waals surface area contributed by atoms with Crippen molar-refractivity contribution in [2.24, 2.45) is 0 Å². The van der Waals surface area contributed by atoms with Gasteiger partial charge in [0.05, 0.1) is 16.9 Å². The highest BCUT2D eigenvalue weighted by atomic mass is 16.1. The predicted molar refractivity (Wildman–Crippen MR) is 94.8 cm³/mol. The van der Waals surface area contributed by atoms with Crippen molar-refractivity contribution in [3.63, 3.8) is 0 Å². The number of pyridine rings is 1. The van der Waals surface area contributed by atoms with Crippen molar-refractivity contribution in [1.82, 2.24) is 10.3 Å². The molecule has 0 aliphatic carbocycles. The number of aryl methyl sites for hydroxylation is 2. The number of nitrogens with zero attached hydrogens (tertiary/aromatic N) is 2. The highest BCUT2D eigenvalue weighted by Crippen LogP contribution is 2.19. The molecule has 124 valence electrons. The first-order valence-electron chi connectivity index (χ1n) is 8.04. The van der Waals surface area contributed by atoms with Crippen molar-refractivity contribution in [1.29, 1.82) is 5.26 Å². The van der Waals surface area contributed by atoms with Crippen molar-refractivity contribution in [3.05, 3.63) is 58.4 Å². The molecule has 0 radical (unpaired) electrons. The van der Waals surface area contributed by atoms with Crippen LogP contribution >= 0.6 is 0 Å². The number of aromatic nitrogens is 1. The van der Waals surface area contributed by atoms with Gasteiger partial charge in [-0.1, -0.05) is 19.1 Å². The Labute approximate surface area is 142 Å². The first-order chi connectivity index (χ1) is 11.5. The van der Waals surface area contributed by atoms with Gasteiger partial charge in [-0.05, 0) is 44.0 Å². The fourth-order valence-electron chi connectivity index (χ4n) is 2.47. The zero-order chi connectivity index (χ0) is 17.5. The van der Waals surface area contributed by atoms with Crippen LogP contribution in [-0.2, 0) is 6.54 Å². The van der Waals surface area contributed by atoms with Crippen LogP contribution in [0.3, 0.4) is 0 Å². The third-order valence-corrected chi connectivity index (χ3v) is 3.65. The molecular weight excluding hydrogens is 300 g/mol. The normalized spacial score (nSPS) is 10.1. The average Bonchev–Trinajstić information content (AvgIpc) is 2.57. The zero-order valence-electron chi connectivity index (χ0n) is 14.3. The molecule has 0 aliphatic rings. The van der Waals surface area contributed by atoms with Crippen LogP contribution in [0.25, 0.3) is 0 Å². The lowest BCUT2D eigenvalue weighted by Gasteiger charge is -2.12. The van der Waals surface area contributed by atoms with Crippen molar-refractivity contribution < 1.29 is 4.79 Å². The lowest BCUT2D eigenvalue weighted by Crippen LogP contribution is -2.24. The van der Waals surface area contributed by atoms with E-state index in [4.69, 9.17) is 0 Å². The monoisotopic (exact) mass is 322 g/mol. The summed E-state index contributed by atoms with van der Waals surface area (Å²) in [6.45, 7) is 6.95. The fourth-order valence-corrected chi connectivity index (χ4v) is 2.47. The number of hydrogen-bond donors (Lipinski definition) is 2. The van der Waals surface area contributed by atoms with Gasteiger partial charge in [0.2, 0.25) is 0 Å². The molecule has 0 fully saturated rings.